The summed E-state index contributed by atoms with van der Waals surface area (Å²) in [5.74, 6) is 6.39. The standard InChI is InChI=1S/C15H22O2/c1-11(7-8-16)5-6-14-12(2)9-13(17)10-15(14,3)4/h7-8,11,13,16-17H,9-10H2,1-4H3. The van der Waals surface area contributed by atoms with Gasteiger partial charge in [-0.3, -0.25) is 0 Å². The minimum Gasteiger partial charge on any atom is -0.516 e. The predicted octanol–water partition coefficient (Wildman–Crippen LogP) is 3.20. The number of aliphatic hydroxyl groups is 2. The molecule has 2 unspecified atom stereocenters. The van der Waals surface area contributed by atoms with Crippen molar-refractivity contribution in [3.05, 3.63) is 23.5 Å². The number of hydrogen-bond acceptors (Lipinski definition) is 2. The van der Waals surface area contributed by atoms with Crippen molar-refractivity contribution in [1.29, 1.82) is 0 Å². The molecule has 1 aliphatic carbocycles. The summed E-state index contributed by atoms with van der Waals surface area (Å²) >= 11 is 0. The molecule has 1 aliphatic rings. The summed E-state index contributed by atoms with van der Waals surface area (Å²) in [6, 6.07) is 0. The van der Waals surface area contributed by atoms with Crippen LogP contribution in [0.1, 0.15) is 40.5 Å². The van der Waals surface area contributed by atoms with Gasteiger partial charge in [-0.05, 0) is 32.8 Å². The molecule has 1 rings (SSSR count). The maximum atomic E-state index is 9.77. The lowest BCUT2D eigenvalue weighted by atomic mass is 9.72. The first-order valence-corrected chi connectivity index (χ1v) is 6.07. The molecule has 2 nitrogen and oxygen atoms in total. The SMILES string of the molecule is CC1=C(C#CC(C)C=CO)C(C)(C)CC(O)C1. The van der Waals surface area contributed by atoms with Gasteiger partial charge in [0.05, 0.1) is 12.4 Å². The minimum atomic E-state index is -0.245. The molecule has 0 amide bonds. The van der Waals surface area contributed by atoms with E-state index in [9.17, 15) is 5.11 Å². The number of aliphatic hydroxyl groups excluding tert-OH is 2. The second kappa shape index (κ2) is 5.42. The molecule has 0 aromatic rings. The highest BCUT2D eigenvalue weighted by Gasteiger charge is 2.31. The first-order chi connectivity index (χ1) is 7.86. The molecule has 0 saturated carbocycles. The van der Waals surface area contributed by atoms with Gasteiger partial charge in [0.15, 0.2) is 0 Å². The van der Waals surface area contributed by atoms with Crippen molar-refractivity contribution in [2.24, 2.45) is 11.3 Å². The van der Waals surface area contributed by atoms with Crippen LogP contribution in [0.25, 0.3) is 0 Å². The molecule has 0 spiro atoms. The number of hydrogen-bond donors (Lipinski definition) is 2. The summed E-state index contributed by atoms with van der Waals surface area (Å²) in [4.78, 5) is 0. The monoisotopic (exact) mass is 234 g/mol. The van der Waals surface area contributed by atoms with E-state index in [4.69, 9.17) is 5.11 Å². The van der Waals surface area contributed by atoms with Gasteiger partial charge >= 0.3 is 0 Å². The van der Waals surface area contributed by atoms with Crippen LogP contribution in [0.3, 0.4) is 0 Å². The Kier molecular flexibility index (Phi) is 4.42. The summed E-state index contributed by atoms with van der Waals surface area (Å²) in [6.07, 6.45) is 3.94. The lowest BCUT2D eigenvalue weighted by Gasteiger charge is -2.34. The van der Waals surface area contributed by atoms with Crippen molar-refractivity contribution in [2.75, 3.05) is 0 Å². The lowest BCUT2D eigenvalue weighted by molar-refractivity contribution is 0.117. The lowest BCUT2D eigenvalue weighted by Crippen LogP contribution is -2.28. The quantitative estimate of drug-likeness (QED) is 0.540. The zero-order valence-corrected chi connectivity index (χ0v) is 11.1. The fraction of sp³-hybridized carbons (Fsp3) is 0.600. The first-order valence-electron chi connectivity index (χ1n) is 6.07. The van der Waals surface area contributed by atoms with Crippen molar-refractivity contribution in [2.45, 2.75) is 46.6 Å². The number of allylic oxidation sites excluding steroid dienone is 2. The van der Waals surface area contributed by atoms with Gasteiger partial charge in [0.25, 0.3) is 0 Å². The van der Waals surface area contributed by atoms with Crippen LogP contribution in [0.15, 0.2) is 23.5 Å². The van der Waals surface area contributed by atoms with E-state index >= 15 is 0 Å². The molecular weight excluding hydrogens is 212 g/mol. The van der Waals surface area contributed by atoms with Gasteiger partial charge in [-0.15, -0.1) is 0 Å². The molecule has 0 aromatic heterocycles. The van der Waals surface area contributed by atoms with Crippen LogP contribution < -0.4 is 0 Å². The van der Waals surface area contributed by atoms with Crippen LogP contribution in [0.4, 0.5) is 0 Å². The van der Waals surface area contributed by atoms with Crippen LogP contribution >= 0.6 is 0 Å². The third-order valence-corrected chi connectivity index (χ3v) is 3.19. The summed E-state index contributed by atoms with van der Waals surface area (Å²) in [5, 5.41) is 18.4. The van der Waals surface area contributed by atoms with Gasteiger partial charge in [0.2, 0.25) is 0 Å². The van der Waals surface area contributed by atoms with E-state index in [0.717, 1.165) is 24.7 Å². The predicted molar refractivity (Wildman–Crippen MR) is 70.4 cm³/mol. The molecule has 2 heteroatoms. The normalized spacial score (nSPS) is 25.6. The smallest absolute Gasteiger partial charge is 0.0764 e. The van der Waals surface area contributed by atoms with E-state index in [-0.39, 0.29) is 17.4 Å². The van der Waals surface area contributed by atoms with Crippen LogP contribution in [-0.4, -0.2) is 16.3 Å². The minimum absolute atomic E-state index is 0.0444. The maximum Gasteiger partial charge on any atom is 0.0764 e. The van der Waals surface area contributed by atoms with Crippen molar-refractivity contribution in [1.82, 2.24) is 0 Å². The van der Waals surface area contributed by atoms with E-state index in [2.05, 4.69) is 25.7 Å². The topological polar surface area (TPSA) is 40.5 Å². The van der Waals surface area contributed by atoms with Crippen molar-refractivity contribution >= 4 is 0 Å². The number of rotatable bonds is 1. The van der Waals surface area contributed by atoms with Gasteiger partial charge in [-0.25, -0.2) is 0 Å². The maximum absolute atomic E-state index is 9.77. The Morgan fingerprint density at radius 3 is 2.65 bits per heavy atom. The second-order valence-corrected chi connectivity index (χ2v) is 5.50. The summed E-state index contributed by atoms with van der Waals surface area (Å²) in [5.41, 5.74) is 2.26. The van der Waals surface area contributed by atoms with Gasteiger partial charge in [-0.1, -0.05) is 31.3 Å². The van der Waals surface area contributed by atoms with E-state index < -0.39 is 0 Å². The zero-order chi connectivity index (χ0) is 13.1. The Bertz CT molecular complexity index is 391. The van der Waals surface area contributed by atoms with Gasteiger partial charge in [-0.2, -0.15) is 0 Å². The molecule has 0 aromatic carbocycles. The first kappa shape index (κ1) is 13.9. The molecule has 0 heterocycles. The molecule has 94 valence electrons. The molecule has 0 fully saturated rings. The van der Waals surface area contributed by atoms with Crippen molar-refractivity contribution in [3.8, 4) is 11.8 Å². The molecule has 2 atom stereocenters. The Balaban J connectivity index is 2.98. The van der Waals surface area contributed by atoms with Gasteiger partial charge in [0, 0.05) is 16.9 Å². The zero-order valence-electron chi connectivity index (χ0n) is 11.1. The highest BCUT2D eigenvalue weighted by atomic mass is 16.3. The Morgan fingerprint density at radius 2 is 2.12 bits per heavy atom. The van der Waals surface area contributed by atoms with Crippen LogP contribution in [0, 0.1) is 23.2 Å². The summed E-state index contributed by atoms with van der Waals surface area (Å²) in [6.45, 7) is 8.23. The van der Waals surface area contributed by atoms with E-state index in [1.165, 1.54) is 5.57 Å². The molecule has 0 saturated heterocycles. The largest absolute Gasteiger partial charge is 0.516 e. The van der Waals surface area contributed by atoms with Crippen LogP contribution in [0.5, 0.6) is 0 Å². The van der Waals surface area contributed by atoms with E-state index in [1.54, 1.807) is 6.08 Å². The van der Waals surface area contributed by atoms with E-state index in [0.29, 0.717) is 0 Å². The average Bonchev–Trinajstić information content (AvgIpc) is 2.14. The highest BCUT2D eigenvalue weighted by molar-refractivity contribution is 5.40. The van der Waals surface area contributed by atoms with Crippen LogP contribution in [0.2, 0.25) is 0 Å². The molecule has 17 heavy (non-hydrogen) atoms. The molecule has 2 N–H and O–H groups in total. The fourth-order valence-corrected chi connectivity index (χ4v) is 2.44. The molecule has 0 aliphatic heterocycles. The highest BCUT2D eigenvalue weighted by Crippen LogP contribution is 2.39. The molecule has 0 bridgehead atoms. The van der Waals surface area contributed by atoms with Crippen LogP contribution in [-0.2, 0) is 0 Å². The Hall–Kier alpha value is -1.20. The molecule has 0 radical (unpaired) electrons. The third kappa shape index (κ3) is 3.64. The van der Waals surface area contributed by atoms with E-state index in [1.807, 2.05) is 13.8 Å². The molecular formula is C15H22O2. The average molecular weight is 234 g/mol. The third-order valence-electron chi connectivity index (χ3n) is 3.19. The van der Waals surface area contributed by atoms with Gasteiger partial charge in [0.1, 0.15) is 0 Å². The Morgan fingerprint density at radius 1 is 1.47 bits per heavy atom. The van der Waals surface area contributed by atoms with Crippen molar-refractivity contribution in [3.63, 3.8) is 0 Å². The summed E-state index contributed by atoms with van der Waals surface area (Å²) in [7, 11) is 0. The summed E-state index contributed by atoms with van der Waals surface area (Å²) < 4.78 is 0. The fourth-order valence-electron chi connectivity index (χ4n) is 2.44. The van der Waals surface area contributed by atoms with Crippen molar-refractivity contribution < 1.29 is 10.2 Å². The Labute approximate surface area is 104 Å². The van der Waals surface area contributed by atoms with Gasteiger partial charge < -0.3 is 10.2 Å². The second-order valence-electron chi connectivity index (χ2n) is 5.50.